The highest BCUT2D eigenvalue weighted by Gasteiger charge is 2.73. The number of allylic oxidation sites excluding steroid dienone is 4. The molecular weight excluding hydrogens is 1690 g/mol. The van der Waals surface area contributed by atoms with Gasteiger partial charge in [-0.15, -0.1) is 13.2 Å². The van der Waals surface area contributed by atoms with Gasteiger partial charge >= 0.3 is 17.9 Å². The highest BCUT2D eigenvalue weighted by molar-refractivity contribution is 5.89. The van der Waals surface area contributed by atoms with Crippen molar-refractivity contribution in [3.63, 3.8) is 0 Å². The number of hydrogen-bond donors (Lipinski definition) is 20. The van der Waals surface area contributed by atoms with Gasteiger partial charge in [0.25, 0.3) is 0 Å². The zero-order chi connectivity index (χ0) is 94.1. The van der Waals surface area contributed by atoms with Gasteiger partial charge in [-0.05, 0) is 163 Å². The van der Waals surface area contributed by atoms with Crippen LogP contribution in [0.15, 0.2) is 60.3 Å². The van der Waals surface area contributed by atoms with Gasteiger partial charge in [0.1, 0.15) is 127 Å². The number of carbonyl (C=O) groups is 3. The second-order valence-corrected chi connectivity index (χ2v) is 40.2. The van der Waals surface area contributed by atoms with E-state index in [0.717, 1.165) is 5.57 Å². The maximum atomic E-state index is 16.5. The number of hydrogen-bond acceptors (Lipinski definition) is 39. The van der Waals surface area contributed by atoms with Gasteiger partial charge in [-0.3, -0.25) is 4.79 Å². The molecular formula is C89H140O39. The summed E-state index contributed by atoms with van der Waals surface area (Å²) in [6.45, 7) is 25.7. The Morgan fingerprint density at radius 2 is 1.01 bits per heavy atom. The third-order valence-electron chi connectivity index (χ3n) is 30.7. The highest BCUT2D eigenvalue weighted by atomic mass is 16.8. The molecule has 12 aliphatic rings. The molecule has 5 aliphatic carbocycles. The van der Waals surface area contributed by atoms with Crippen LogP contribution in [-0.2, 0) is 90.2 Å². The number of aliphatic hydroxyl groups excluding tert-OH is 18. The number of carbonyl (C=O) groups excluding carboxylic acids is 3. The van der Waals surface area contributed by atoms with E-state index in [0.29, 0.717) is 44.9 Å². The Morgan fingerprint density at radius 3 is 1.63 bits per heavy atom. The number of aliphatic hydroxyl groups is 20. The van der Waals surface area contributed by atoms with E-state index in [2.05, 4.69) is 67.7 Å². The Labute approximate surface area is 744 Å². The summed E-state index contributed by atoms with van der Waals surface area (Å²) in [6.07, 6.45) is -46.9. The van der Waals surface area contributed by atoms with Crippen LogP contribution in [-0.4, -0.2) is 380 Å². The van der Waals surface area contributed by atoms with Gasteiger partial charge in [0.15, 0.2) is 56.1 Å². The molecule has 0 aromatic carbocycles. The van der Waals surface area contributed by atoms with Crippen molar-refractivity contribution >= 4 is 17.9 Å². The lowest BCUT2D eigenvalue weighted by Crippen LogP contribution is -2.69. The van der Waals surface area contributed by atoms with E-state index in [-0.39, 0.29) is 68.1 Å². The second-order valence-electron chi connectivity index (χ2n) is 40.2. The Balaban J connectivity index is 0.827. The van der Waals surface area contributed by atoms with Crippen LogP contribution in [0.3, 0.4) is 0 Å². The molecule has 0 amide bonds. The molecule has 0 aromatic heterocycles. The molecule has 7 saturated heterocycles. The molecule has 0 unspecified atom stereocenters. The summed E-state index contributed by atoms with van der Waals surface area (Å²) >= 11 is 0. The van der Waals surface area contributed by atoms with Crippen molar-refractivity contribution in [2.24, 2.45) is 50.2 Å². The van der Waals surface area contributed by atoms with E-state index < -0.39 is 309 Å². The summed E-state index contributed by atoms with van der Waals surface area (Å²) in [5.74, 6) is -4.11. The minimum atomic E-state index is -2.26. The molecule has 20 N–H and O–H groups in total. The smallest absolute Gasteiger partial charge is 0.336 e. The molecule has 12 rings (SSSR count). The predicted molar refractivity (Wildman–Crippen MR) is 438 cm³/mol. The third kappa shape index (κ3) is 20.3. The zero-order valence-electron chi connectivity index (χ0n) is 74.8. The molecule has 0 bridgehead atoms. The van der Waals surface area contributed by atoms with Gasteiger partial charge < -0.3 is 178 Å². The van der Waals surface area contributed by atoms with E-state index in [4.69, 9.17) is 75.8 Å². The lowest BCUT2D eigenvalue weighted by Gasteiger charge is -2.71. The number of ether oxygens (including phenoxy) is 16. The molecule has 128 heavy (non-hydrogen) atoms. The molecule has 0 aromatic rings. The lowest BCUT2D eigenvalue weighted by molar-refractivity contribution is -0.381. The van der Waals surface area contributed by atoms with Crippen molar-refractivity contribution in [2.75, 3.05) is 39.6 Å². The monoisotopic (exact) mass is 1830 g/mol. The van der Waals surface area contributed by atoms with Gasteiger partial charge in [0.05, 0.1) is 80.8 Å². The largest absolute Gasteiger partial charge is 0.452 e. The summed E-state index contributed by atoms with van der Waals surface area (Å²) in [5, 5.41) is 225. The standard InChI is InChI=1S/C89H140O39/c1-15-84(10,111)25-17-19-39(3)72(108)124-71-69(123-73(109)42(33-90)20-18-26-85(11,112)16-2)54(95)40(4)118-79(71)117-38-49-58(99)60(101)70(127-77-65(106)61(102)67(41(5)119-77)125-76-66(107)68(47(93)36-115-76)126-75-63(104)56(97)46(92)35-114-75)80(121-49)128-81(110)89-30-29-82(6,7)31-44(89)43-21-22-51-86(12)27-24-53(83(8,9)50(86)23-28-87(51,13)88(43,14)32-52(89)94)122-78-64(105)59(100)57(98)48(120-78)37-116-74-62(103)55(96)45(91)34-113-74/h15-16,19-21,40-41,44-71,74-80,90-107,111-112H,1-2,17-18,22-38H2,3-14H3/b39-19+,42-20+/t40-,41-,44-,45-,46-,47-,48-,49-,50-,51-,52-,53-,54-,55+,56+,57-,58-,59+,60+,61-,62-,63-,64-,65-,66-,67-,68+,69+,70-,71-,74+,75+,76+,77+,78+,79-,80+,84+,85+,86+,87-,88+,89-/m0/s1. The molecule has 4 saturated carbocycles. The normalized spacial score (nSPS) is 47.8. The molecule has 0 radical (unpaired) electrons. The molecule has 39 heteroatoms. The summed E-state index contributed by atoms with van der Waals surface area (Å²) in [4.78, 5) is 44.9. The van der Waals surface area contributed by atoms with Crippen molar-refractivity contribution in [3.8, 4) is 0 Å². The van der Waals surface area contributed by atoms with Crippen LogP contribution < -0.4 is 0 Å². The summed E-state index contributed by atoms with van der Waals surface area (Å²) < 4.78 is 97.1. The first-order valence-corrected chi connectivity index (χ1v) is 44.8. The average molecular weight is 1830 g/mol. The SMILES string of the molecule is C=C[C@@](C)(O)CC/C=C(\C)C(=O)O[C@@H]1[C@@H](OC[C@@H]2O[C@H](OC(=O)[C@@]34CCC(C)(C)C[C@H]3C3=CC[C@H]5[C@]6(C)CC[C@H](O[C@H]7O[C@@H](CO[C@H]8OC[C@H](O)[C@@H](O)[C@@H]8O)[C@H](O)[C@@H](O)[C@@H]7O)C(C)(C)[C@@H]6CC[C@]5(C)[C@]3(C)C[C@@H]4O)[C@@H](O[C@H]3O[C@@H](C)[C@H](O[C@H]4OC[C@H](O)[C@@H](O[C@H]5OC[C@H](O)[C@@H](O)[C@@H]5O)[C@@H]4O)[C@@H](O)[C@@H]3O)[C@H](O)[C@H]2O)O[C@@H](C)[C@H](O)[C@H]1OC(=O)/C(=C/CC[C@](C)(O)C=C)CO. The van der Waals surface area contributed by atoms with Crippen LogP contribution >= 0.6 is 0 Å². The molecule has 730 valence electrons. The second kappa shape index (κ2) is 40.2. The number of fused-ring (bicyclic) bond motifs is 7. The third-order valence-corrected chi connectivity index (χ3v) is 30.7. The minimum absolute atomic E-state index is 0.0249. The molecule has 11 fully saturated rings. The topological polar surface area (TPSA) is 603 Å². The predicted octanol–water partition coefficient (Wildman–Crippen LogP) is -2.22. The van der Waals surface area contributed by atoms with Crippen molar-refractivity contribution in [1.29, 1.82) is 0 Å². The maximum Gasteiger partial charge on any atom is 0.336 e. The van der Waals surface area contributed by atoms with E-state index in [9.17, 15) is 112 Å². The van der Waals surface area contributed by atoms with Crippen molar-refractivity contribution < 1.29 is 192 Å². The Morgan fingerprint density at radius 1 is 0.492 bits per heavy atom. The van der Waals surface area contributed by atoms with E-state index in [1.807, 2.05) is 0 Å². The van der Waals surface area contributed by atoms with Crippen molar-refractivity contribution in [3.05, 3.63) is 60.3 Å². The molecule has 39 nitrogen and oxygen atoms in total. The Kier molecular flexibility index (Phi) is 32.3. The Bertz CT molecular complexity index is 3900. The maximum absolute atomic E-state index is 16.5. The lowest BCUT2D eigenvalue weighted by atomic mass is 9.33. The Hall–Kier alpha value is -4.21. The first-order valence-electron chi connectivity index (χ1n) is 44.8. The van der Waals surface area contributed by atoms with E-state index in [1.54, 1.807) is 0 Å². The summed E-state index contributed by atoms with van der Waals surface area (Å²) in [5.41, 5.74) is -6.85. The molecule has 7 heterocycles. The zero-order valence-corrected chi connectivity index (χ0v) is 74.8. The summed E-state index contributed by atoms with van der Waals surface area (Å²) in [7, 11) is 0. The van der Waals surface area contributed by atoms with Gasteiger partial charge in [0.2, 0.25) is 6.29 Å². The summed E-state index contributed by atoms with van der Waals surface area (Å²) in [6, 6.07) is 0. The fourth-order valence-electron chi connectivity index (χ4n) is 22.2. The quantitative estimate of drug-likeness (QED) is 0.0124. The van der Waals surface area contributed by atoms with E-state index in [1.165, 1.54) is 58.9 Å². The van der Waals surface area contributed by atoms with Gasteiger partial charge in [0, 0.05) is 5.57 Å². The first-order chi connectivity index (χ1) is 59.9. The van der Waals surface area contributed by atoms with Gasteiger partial charge in [-0.1, -0.05) is 84.4 Å². The minimum Gasteiger partial charge on any atom is -0.452 e. The van der Waals surface area contributed by atoms with Crippen LogP contribution in [0.5, 0.6) is 0 Å². The van der Waals surface area contributed by atoms with Crippen LogP contribution in [0.4, 0.5) is 0 Å². The first kappa shape index (κ1) is 103. The van der Waals surface area contributed by atoms with Crippen LogP contribution in [0, 0.1) is 50.2 Å². The van der Waals surface area contributed by atoms with Gasteiger partial charge in [-0.2, -0.15) is 0 Å². The number of esters is 3. The van der Waals surface area contributed by atoms with Gasteiger partial charge in [-0.25, -0.2) is 9.59 Å². The molecule has 0 spiro atoms. The fourth-order valence-corrected chi connectivity index (χ4v) is 22.2. The van der Waals surface area contributed by atoms with Crippen LogP contribution in [0.2, 0.25) is 0 Å². The molecule has 7 aliphatic heterocycles. The average Bonchev–Trinajstić information content (AvgIpc) is 0.669. The molecule has 43 atom stereocenters. The van der Waals surface area contributed by atoms with Crippen molar-refractivity contribution in [2.45, 2.75) is 387 Å². The highest BCUT2D eigenvalue weighted by Crippen LogP contribution is 2.76. The number of rotatable bonds is 29. The fraction of sp³-hybridized carbons (Fsp3) is 0.854. The van der Waals surface area contributed by atoms with Crippen LogP contribution in [0.25, 0.3) is 0 Å². The van der Waals surface area contributed by atoms with Crippen LogP contribution in [0.1, 0.15) is 167 Å². The van der Waals surface area contributed by atoms with Crippen molar-refractivity contribution in [1.82, 2.24) is 0 Å². The van der Waals surface area contributed by atoms with E-state index >= 15 is 4.79 Å².